The van der Waals surface area contributed by atoms with Gasteiger partial charge in [0, 0.05) is 31.2 Å². The number of hydrogen-bond donors (Lipinski definition) is 1. The third-order valence-corrected chi connectivity index (χ3v) is 5.13. The van der Waals surface area contributed by atoms with Gasteiger partial charge in [-0.3, -0.25) is 9.80 Å². The van der Waals surface area contributed by atoms with Crippen molar-refractivity contribution in [3.05, 3.63) is 0 Å². The number of nitrogens with zero attached hydrogens (tertiary/aromatic N) is 2. The Hall–Kier alpha value is -0.120. The van der Waals surface area contributed by atoms with Crippen LogP contribution in [-0.2, 0) is 0 Å². The highest BCUT2D eigenvalue weighted by atomic mass is 15.3. The minimum absolute atomic E-state index is 0.460. The van der Waals surface area contributed by atoms with Gasteiger partial charge < -0.3 is 5.73 Å². The molecule has 2 heterocycles. The highest BCUT2D eigenvalue weighted by molar-refractivity contribution is 4.88. The van der Waals surface area contributed by atoms with Crippen molar-refractivity contribution in [2.45, 2.75) is 76.9 Å². The van der Waals surface area contributed by atoms with Gasteiger partial charge in [-0.2, -0.15) is 0 Å². The molecule has 3 heteroatoms. The molecule has 2 N–H and O–H groups in total. The molecule has 2 unspecified atom stereocenters. The van der Waals surface area contributed by atoms with Gasteiger partial charge in [-0.15, -0.1) is 0 Å². The van der Waals surface area contributed by atoms with Crippen molar-refractivity contribution < 1.29 is 0 Å². The molecular weight excluding hydrogens is 234 g/mol. The van der Waals surface area contributed by atoms with Gasteiger partial charge >= 0.3 is 0 Å². The molecule has 2 atom stereocenters. The number of nitrogens with two attached hydrogens (primary N) is 1. The van der Waals surface area contributed by atoms with E-state index in [2.05, 4.69) is 23.6 Å². The maximum Gasteiger partial charge on any atom is 0.0235 e. The van der Waals surface area contributed by atoms with Gasteiger partial charge in [-0.25, -0.2) is 0 Å². The first-order valence-electron chi connectivity index (χ1n) is 8.44. The molecule has 0 aromatic heterocycles. The molecule has 0 saturated carbocycles. The zero-order valence-corrected chi connectivity index (χ0v) is 13.0. The maximum atomic E-state index is 6.00. The lowest BCUT2D eigenvalue weighted by Gasteiger charge is -2.35. The zero-order chi connectivity index (χ0) is 13.7. The summed E-state index contributed by atoms with van der Waals surface area (Å²) < 4.78 is 0. The second-order valence-corrected chi connectivity index (χ2v) is 6.66. The van der Waals surface area contributed by atoms with Crippen molar-refractivity contribution in [2.24, 2.45) is 5.73 Å². The summed E-state index contributed by atoms with van der Waals surface area (Å²) in [5.41, 5.74) is 6.00. The molecule has 2 aliphatic heterocycles. The topological polar surface area (TPSA) is 32.5 Å². The molecule has 2 rings (SSSR count). The molecule has 0 amide bonds. The minimum Gasteiger partial charge on any atom is -0.328 e. The van der Waals surface area contributed by atoms with E-state index in [1.807, 2.05) is 0 Å². The molecule has 0 bridgehead atoms. The number of likely N-dealkylation sites (tertiary alicyclic amines) is 2. The first-order chi connectivity index (χ1) is 9.20. The molecule has 2 aliphatic rings. The largest absolute Gasteiger partial charge is 0.328 e. The van der Waals surface area contributed by atoms with Crippen molar-refractivity contribution in [3.63, 3.8) is 0 Å². The Labute approximate surface area is 119 Å². The van der Waals surface area contributed by atoms with Gasteiger partial charge in [-0.1, -0.05) is 26.2 Å². The first kappa shape index (κ1) is 15.3. The monoisotopic (exact) mass is 267 g/mol. The Bertz CT molecular complexity index is 248. The Kier molecular flexibility index (Phi) is 6.11. The van der Waals surface area contributed by atoms with Crippen molar-refractivity contribution in [1.82, 2.24) is 9.80 Å². The Balaban J connectivity index is 1.70. The predicted molar refractivity (Wildman–Crippen MR) is 82.4 cm³/mol. The van der Waals surface area contributed by atoms with Crippen LogP contribution in [0.5, 0.6) is 0 Å². The summed E-state index contributed by atoms with van der Waals surface area (Å²) in [7, 11) is 0. The fourth-order valence-corrected chi connectivity index (χ4v) is 3.62. The maximum absolute atomic E-state index is 6.00. The number of unbranched alkanes of at least 4 members (excludes halogenated alkanes) is 2. The van der Waals surface area contributed by atoms with Gasteiger partial charge in [0.05, 0.1) is 0 Å². The number of rotatable bonds is 6. The van der Waals surface area contributed by atoms with E-state index in [0.29, 0.717) is 6.04 Å². The molecule has 2 saturated heterocycles. The summed E-state index contributed by atoms with van der Waals surface area (Å²) in [6.45, 7) is 9.76. The number of piperidine rings is 1. The van der Waals surface area contributed by atoms with Crippen LogP contribution in [0.15, 0.2) is 0 Å². The van der Waals surface area contributed by atoms with Crippen molar-refractivity contribution in [1.29, 1.82) is 0 Å². The first-order valence-corrected chi connectivity index (χ1v) is 8.44. The van der Waals surface area contributed by atoms with Gasteiger partial charge in [-0.05, 0) is 45.7 Å². The average molecular weight is 267 g/mol. The normalized spacial score (nSPS) is 28.9. The third-order valence-electron chi connectivity index (χ3n) is 5.13. The Morgan fingerprint density at radius 2 is 1.84 bits per heavy atom. The summed E-state index contributed by atoms with van der Waals surface area (Å²) in [6, 6.07) is 2.05. The van der Waals surface area contributed by atoms with Crippen LogP contribution in [0, 0.1) is 0 Å². The highest BCUT2D eigenvalue weighted by Gasteiger charge is 2.31. The lowest BCUT2D eigenvalue weighted by Crippen LogP contribution is -2.46. The molecule has 3 nitrogen and oxygen atoms in total. The van der Waals surface area contributed by atoms with Crippen LogP contribution in [-0.4, -0.2) is 54.1 Å². The van der Waals surface area contributed by atoms with E-state index in [1.165, 1.54) is 71.1 Å². The molecule has 0 radical (unpaired) electrons. The number of hydrogen-bond acceptors (Lipinski definition) is 3. The average Bonchev–Trinajstić information content (AvgIpc) is 2.89. The van der Waals surface area contributed by atoms with Crippen molar-refractivity contribution in [3.8, 4) is 0 Å². The standard InChI is InChI=1S/C16H33N3/c1-3-4-5-6-14(2)19-12-9-16(13-19)18-10-7-15(17)8-11-18/h14-16H,3-13,17H2,1-2H3. The Morgan fingerprint density at radius 3 is 2.53 bits per heavy atom. The minimum atomic E-state index is 0.460. The molecule has 0 aliphatic carbocycles. The lowest BCUT2D eigenvalue weighted by molar-refractivity contribution is 0.144. The molecule has 112 valence electrons. The van der Waals surface area contributed by atoms with E-state index in [4.69, 9.17) is 5.73 Å². The molecule has 0 aromatic carbocycles. The fraction of sp³-hybridized carbons (Fsp3) is 1.00. The van der Waals surface area contributed by atoms with E-state index in [-0.39, 0.29) is 0 Å². The van der Waals surface area contributed by atoms with Crippen LogP contribution in [0.25, 0.3) is 0 Å². The fourth-order valence-electron chi connectivity index (χ4n) is 3.62. The van der Waals surface area contributed by atoms with Crippen LogP contribution in [0.1, 0.15) is 58.8 Å². The summed E-state index contributed by atoms with van der Waals surface area (Å²) in [5, 5.41) is 0. The van der Waals surface area contributed by atoms with Gasteiger partial charge in [0.15, 0.2) is 0 Å². The Morgan fingerprint density at radius 1 is 1.11 bits per heavy atom. The van der Waals surface area contributed by atoms with E-state index < -0.39 is 0 Å². The zero-order valence-electron chi connectivity index (χ0n) is 13.0. The molecule has 2 fully saturated rings. The van der Waals surface area contributed by atoms with E-state index in [1.54, 1.807) is 0 Å². The quantitative estimate of drug-likeness (QED) is 0.750. The highest BCUT2D eigenvalue weighted by Crippen LogP contribution is 2.23. The summed E-state index contributed by atoms with van der Waals surface area (Å²) in [4.78, 5) is 5.41. The van der Waals surface area contributed by atoms with E-state index >= 15 is 0 Å². The van der Waals surface area contributed by atoms with Crippen LogP contribution < -0.4 is 5.73 Å². The summed E-state index contributed by atoms with van der Waals surface area (Å²) in [5.74, 6) is 0. The summed E-state index contributed by atoms with van der Waals surface area (Å²) >= 11 is 0. The molecular formula is C16H33N3. The van der Waals surface area contributed by atoms with E-state index in [9.17, 15) is 0 Å². The van der Waals surface area contributed by atoms with Crippen LogP contribution in [0.2, 0.25) is 0 Å². The van der Waals surface area contributed by atoms with Crippen LogP contribution in [0.3, 0.4) is 0 Å². The molecule has 19 heavy (non-hydrogen) atoms. The van der Waals surface area contributed by atoms with Crippen LogP contribution in [0.4, 0.5) is 0 Å². The smallest absolute Gasteiger partial charge is 0.0235 e. The van der Waals surface area contributed by atoms with Crippen molar-refractivity contribution in [2.75, 3.05) is 26.2 Å². The van der Waals surface area contributed by atoms with Crippen molar-refractivity contribution >= 4 is 0 Å². The second kappa shape index (κ2) is 7.61. The van der Waals surface area contributed by atoms with E-state index in [0.717, 1.165) is 12.1 Å². The van der Waals surface area contributed by atoms with Gasteiger partial charge in [0.25, 0.3) is 0 Å². The SMILES string of the molecule is CCCCCC(C)N1CCC(N2CCC(N)CC2)C1. The second-order valence-electron chi connectivity index (χ2n) is 6.66. The molecule has 0 spiro atoms. The summed E-state index contributed by atoms with van der Waals surface area (Å²) in [6.07, 6.45) is 9.27. The van der Waals surface area contributed by atoms with Gasteiger partial charge in [0.1, 0.15) is 0 Å². The van der Waals surface area contributed by atoms with Gasteiger partial charge in [0.2, 0.25) is 0 Å². The third kappa shape index (κ3) is 4.44. The lowest BCUT2D eigenvalue weighted by atomic mass is 10.0. The predicted octanol–water partition coefficient (Wildman–Crippen LogP) is 2.45. The van der Waals surface area contributed by atoms with Crippen LogP contribution >= 0.6 is 0 Å². The molecule has 0 aromatic rings.